The fourth-order valence-electron chi connectivity index (χ4n) is 1.72. The first kappa shape index (κ1) is 12.2. The molecule has 0 aromatic carbocycles. The first-order valence-corrected chi connectivity index (χ1v) is 5.68. The van der Waals surface area contributed by atoms with Crippen LogP contribution in [0.15, 0.2) is 18.3 Å². The van der Waals surface area contributed by atoms with Gasteiger partial charge in [0.2, 0.25) is 0 Å². The summed E-state index contributed by atoms with van der Waals surface area (Å²) in [5, 5.41) is 12.9. The van der Waals surface area contributed by atoms with Gasteiger partial charge in [-0.25, -0.2) is 9.67 Å². The number of aliphatic carboxylic acids is 1. The van der Waals surface area contributed by atoms with Gasteiger partial charge in [0, 0.05) is 17.5 Å². The maximum absolute atomic E-state index is 10.8. The second-order valence-electron chi connectivity index (χ2n) is 3.92. The topological polar surface area (TPSA) is 80.9 Å². The molecule has 0 saturated carbocycles. The zero-order valence-electron chi connectivity index (χ0n) is 10.3. The lowest BCUT2D eigenvalue weighted by Gasteiger charge is -2.04. The van der Waals surface area contributed by atoms with E-state index in [1.54, 1.807) is 19.2 Å². The molecule has 0 amide bonds. The van der Waals surface area contributed by atoms with Crippen LogP contribution in [0.4, 0.5) is 0 Å². The fraction of sp³-hybridized carbons (Fsp3) is 0.333. The van der Waals surface area contributed by atoms with Crippen LogP contribution in [0.25, 0.3) is 11.4 Å². The van der Waals surface area contributed by atoms with E-state index in [9.17, 15) is 4.79 Å². The summed E-state index contributed by atoms with van der Waals surface area (Å²) in [7, 11) is 0. The summed E-state index contributed by atoms with van der Waals surface area (Å²) in [4.78, 5) is 19.3. The molecule has 2 aromatic heterocycles. The molecular formula is C12H14N4O2. The van der Waals surface area contributed by atoms with Crippen LogP contribution in [0.1, 0.15) is 18.4 Å². The minimum atomic E-state index is -0.939. The van der Waals surface area contributed by atoms with Crippen molar-refractivity contribution >= 4 is 5.97 Å². The Hall–Kier alpha value is -2.24. The monoisotopic (exact) mass is 246 g/mol. The van der Waals surface area contributed by atoms with E-state index >= 15 is 0 Å². The Morgan fingerprint density at radius 1 is 1.50 bits per heavy atom. The second kappa shape index (κ2) is 4.95. The Labute approximate surface area is 104 Å². The van der Waals surface area contributed by atoms with Crippen LogP contribution >= 0.6 is 0 Å². The molecule has 0 aliphatic rings. The van der Waals surface area contributed by atoms with Gasteiger partial charge in [-0.1, -0.05) is 6.92 Å². The van der Waals surface area contributed by atoms with Gasteiger partial charge in [-0.05, 0) is 25.5 Å². The molecule has 2 aromatic rings. The van der Waals surface area contributed by atoms with E-state index in [-0.39, 0.29) is 6.54 Å². The van der Waals surface area contributed by atoms with Gasteiger partial charge in [-0.2, -0.15) is 5.10 Å². The van der Waals surface area contributed by atoms with E-state index in [2.05, 4.69) is 15.1 Å². The van der Waals surface area contributed by atoms with Crippen molar-refractivity contribution in [2.45, 2.75) is 26.8 Å². The third-order valence-corrected chi connectivity index (χ3v) is 2.50. The lowest BCUT2D eigenvalue weighted by molar-refractivity contribution is -0.137. The zero-order chi connectivity index (χ0) is 13.1. The molecule has 0 saturated heterocycles. The van der Waals surface area contributed by atoms with E-state index in [1.807, 2.05) is 13.0 Å². The summed E-state index contributed by atoms with van der Waals surface area (Å²) in [6.07, 6.45) is 2.52. The largest absolute Gasteiger partial charge is 0.480 e. The van der Waals surface area contributed by atoms with Crippen molar-refractivity contribution in [3.05, 3.63) is 29.8 Å². The van der Waals surface area contributed by atoms with Gasteiger partial charge in [0.1, 0.15) is 12.4 Å². The van der Waals surface area contributed by atoms with Crippen LogP contribution in [-0.4, -0.2) is 30.8 Å². The van der Waals surface area contributed by atoms with Gasteiger partial charge in [-0.15, -0.1) is 0 Å². The highest BCUT2D eigenvalue weighted by Crippen LogP contribution is 2.17. The Morgan fingerprint density at radius 3 is 2.94 bits per heavy atom. The standard InChI is InChI=1S/C12H14N4O2/c1-3-10-6-9(4-5-13-10)12-14-8(2)15-16(12)7-11(17)18/h4-6H,3,7H2,1-2H3,(H,17,18). The first-order valence-electron chi connectivity index (χ1n) is 5.68. The molecule has 1 N–H and O–H groups in total. The van der Waals surface area contributed by atoms with Crippen LogP contribution in [0, 0.1) is 6.92 Å². The lowest BCUT2D eigenvalue weighted by Crippen LogP contribution is -2.11. The van der Waals surface area contributed by atoms with Gasteiger partial charge in [-0.3, -0.25) is 9.78 Å². The van der Waals surface area contributed by atoms with Crippen LogP contribution in [0.3, 0.4) is 0 Å². The molecule has 0 spiro atoms. The van der Waals surface area contributed by atoms with Crippen molar-refractivity contribution in [2.75, 3.05) is 0 Å². The van der Waals surface area contributed by atoms with E-state index in [4.69, 9.17) is 5.11 Å². The Kier molecular flexibility index (Phi) is 3.36. The first-order chi connectivity index (χ1) is 8.60. The highest BCUT2D eigenvalue weighted by molar-refractivity contribution is 5.67. The highest BCUT2D eigenvalue weighted by Gasteiger charge is 2.12. The number of carbonyl (C=O) groups is 1. The fourth-order valence-corrected chi connectivity index (χ4v) is 1.72. The summed E-state index contributed by atoms with van der Waals surface area (Å²) in [6, 6.07) is 3.71. The Balaban J connectivity index is 2.45. The summed E-state index contributed by atoms with van der Waals surface area (Å²) < 4.78 is 1.40. The molecule has 18 heavy (non-hydrogen) atoms. The molecule has 0 bridgehead atoms. The average molecular weight is 246 g/mol. The SMILES string of the molecule is CCc1cc(-c2nc(C)nn2CC(=O)O)ccn1. The maximum Gasteiger partial charge on any atom is 0.325 e. The van der Waals surface area contributed by atoms with E-state index in [1.165, 1.54) is 4.68 Å². The molecule has 2 heterocycles. The van der Waals surface area contributed by atoms with Crippen LogP contribution < -0.4 is 0 Å². The van der Waals surface area contributed by atoms with Crippen molar-refractivity contribution in [2.24, 2.45) is 0 Å². The van der Waals surface area contributed by atoms with Gasteiger partial charge < -0.3 is 5.11 Å². The number of carboxylic acids is 1. The number of hydrogen-bond donors (Lipinski definition) is 1. The normalized spacial score (nSPS) is 10.6. The second-order valence-corrected chi connectivity index (χ2v) is 3.92. The molecule has 6 heteroatoms. The van der Waals surface area contributed by atoms with Gasteiger partial charge >= 0.3 is 5.97 Å². The van der Waals surface area contributed by atoms with Gasteiger partial charge in [0.25, 0.3) is 0 Å². The van der Waals surface area contributed by atoms with Gasteiger partial charge in [0.05, 0.1) is 0 Å². The van der Waals surface area contributed by atoms with Crippen molar-refractivity contribution < 1.29 is 9.90 Å². The number of nitrogens with zero attached hydrogens (tertiary/aromatic N) is 4. The predicted octanol–water partition coefficient (Wildman–Crippen LogP) is 1.30. The van der Waals surface area contributed by atoms with Crippen LogP contribution in [0.2, 0.25) is 0 Å². The van der Waals surface area contributed by atoms with Crippen molar-refractivity contribution in [1.82, 2.24) is 19.7 Å². The van der Waals surface area contributed by atoms with Crippen molar-refractivity contribution in [3.8, 4) is 11.4 Å². The highest BCUT2D eigenvalue weighted by atomic mass is 16.4. The van der Waals surface area contributed by atoms with E-state index < -0.39 is 5.97 Å². The molecule has 0 fully saturated rings. The summed E-state index contributed by atoms with van der Waals surface area (Å²) in [5.74, 6) is 0.180. The smallest absolute Gasteiger partial charge is 0.325 e. The molecule has 2 rings (SSSR count). The molecule has 94 valence electrons. The third-order valence-electron chi connectivity index (χ3n) is 2.50. The minimum absolute atomic E-state index is 0.194. The molecule has 0 aliphatic carbocycles. The number of aromatic nitrogens is 4. The van der Waals surface area contributed by atoms with Crippen molar-refractivity contribution in [1.29, 1.82) is 0 Å². The minimum Gasteiger partial charge on any atom is -0.480 e. The number of aryl methyl sites for hydroxylation is 2. The quantitative estimate of drug-likeness (QED) is 0.879. The molecular weight excluding hydrogens is 232 g/mol. The average Bonchev–Trinajstić information content (AvgIpc) is 2.69. The molecule has 6 nitrogen and oxygen atoms in total. The Morgan fingerprint density at radius 2 is 2.28 bits per heavy atom. The zero-order valence-corrected chi connectivity index (χ0v) is 10.3. The molecule has 0 radical (unpaired) electrons. The molecule has 0 aliphatic heterocycles. The van der Waals surface area contributed by atoms with E-state index in [0.717, 1.165) is 17.7 Å². The van der Waals surface area contributed by atoms with Gasteiger partial charge in [0.15, 0.2) is 5.82 Å². The number of rotatable bonds is 4. The number of carboxylic acid groups (broad SMARTS) is 1. The lowest BCUT2D eigenvalue weighted by atomic mass is 10.2. The number of pyridine rings is 1. The van der Waals surface area contributed by atoms with E-state index in [0.29, 0.717) is 11.6 Å². The number of hydrogen-bond acceptors (Lipinski definition) is 4. The summed E-state index contributed by atoms with van der Waals surface area (Å²) >= 11 is 0. The predicted molar refractivity (Wildman–Crippen MR) is 65.0 cm³/mol. The maximum atomic E-state index is 10.8. The molecule has 0 unspecified atom stereocenters. The molecule has 0 atom stereocenters. The van der Waals surface area contributed by atoms with Crippen molar-refractivity contribution in [3.63, 3.8) is 0 Å². The summed E-state index contributed by atoms with van der Waals surface area (Å²) in [6.45, 7) is 3.56. The van der Waals surface area contributed by atoms with Crippen LogP contribution in [0.5, 0.6) is 0 Å². The Bertz CT molecular complexity index is 577. The van der Waals surface area contributed by atoms with Crippen LogP contribution in [-0.2, 0) is 17.8 Å². The third kappa shape index (κ3) is 2.53. The summed E-state index contributed by atoms with van der Waals surface area (Å²) in [5.41, 5.74) is 1.78.